The minimum absolute atomic E-state index is 0.367. The van der Waals surface area contributed by atoms with Crippen molar-refractivity contribution in [1.82, 2.24) is 0 Å². The molecular weight excluding hydrogens is 300 g/mol. The Morgan fingerprint density at radius 2 is 1.88 bits per heavy atom. The van der Waals surface area contributed by atoms with Crippen molar-refractivity contribution in [3.63, 3.8) is 0 Å². The summed E-state index contributed by atoms with van der Waals surface area (Å²) in [5, 5.41) is -4.13. The Labute approximate surface area is 103 Å². The van der Waals surface area contributed by atoms with Crippen molar-refractivity contribution < 1.29 is 22.7 Å². The first-order valence-electron chi connectivity index (χ1n) is 4.52. The van der Waals surface area contributed by atoms with Crippen molar-refractivity contribution in [3.05, 3.63) is 40.4 Å². The maximum absolute atomic E-state index is 11.9. The van der Waals surface area contributed by atoms with Gasteiger partial charge in [0.1, 0.15) is 0 Å². The van der Waals surface area contributed by atoms with Gasteiger partial charge in [0, 0.05) is 0 Å². The molecule has 0 spiro atoms. The number of benzene rings is 1. The minimum atomic E-state index is -4.13. The number of methoxy groups -OCH3 is 1. The first-order chi connectivity index (χ1) is 7.92. The van der Waals surface area contributed by atoms with Crippen LogP contribution in [0.15, 0.2) is 29.2 Å². The number of carbonyl (C=O) groups is 1. The average Bonchev–Trinajstić information content (AvgIpc) is 2.27. The van der Waals surface area contributed by atoms with E-state index >= 15 is 0 Å². The van der Waals surface area contributed by atoms with E-state index in [4.69, 9.17) is 0 Å². The van der Waals surface area contributed by atoms with Crippen molar-refractivity contribution >= 4 is 27.0 Å². The number of alkyl halides is 3. The molecule has 17 heavy (non-hydrogen) atoms. The van der Waals surface area contributed by atoms with Gasteiger partial charge in [-0.25, -0.2) is 0 Å². The molecule has 0 amide bonds. The summed E-state index contributed by atoms with van der Waals surface area (Å²) in [4.78, 5) is 12.2. The first-order valence-corrected chi connectivity index (χ1v) is 6.36. The van der Waals surface area contributed by atoms with Crippen LogP contribution in [-0.4, -0.2) is 33.1 Å². The quantitative estimate of drug-likeness (QED) is 0.634. The van der Waals surface area contributed by atoms with E-state index in [-0.39, 0.29) is 0 Å². The first kappa shape index (κ1) is 13.8. The van der Waals surface area contributed by atoms with Crippen LogP contribution >= 0.6 is 0 Å². The van der Waals surface area contributed by atoms with Crippen LogP contribution in [0.1, 0.15) is 15.9 Å². The molecule has 1 aromatic rings. The third-order valence-corrected chi connectivity index (χ3v) is 2.93. The van der Waals surface area contributed by atoms with Crippen LogP contribution in [0, 0.1) is 0 Å². The SMILES string of the molecule is COC(=O)c1ccc(/C=C/[Se]C(F)(F)F)cc1. The second-order valence-electron chi connectivity index (χ2n) is 2.98. The van der Waals surface area contributed by atoms with Crippen LogP contribution in [0.2, 0.25) is 0 Å². The van der Waals surface area contributed by atoms with E-state index in [9.17, 15) is 18.0 Å². The molecular formula is C11H9F3O2Se. The molecule has 0 atom stereocenters. The van der Waals surface area contributed by atoms with Gasteiger partial charge in [-0.05, 0) is 0 Å². The molecule has 0 fully saturated rings. The summed E-state index contributed by atoms with van der Waals surface area (Å²) in [7, 11) is 1.27. The maximum atomic E-state index is 11.9. The molecule has 1 aromatic carbocycles. The number of halogens is 3. The summed E-state index contributed by atoms with van der Waals surface area (Å²) in [6.07, 6.45) is 1.38. The molecule has 0 aromatic heterocycles. The normalized spacial score (nSPS) is 11.8. The Balaban J connectivity index is 2.66. The zero-order chi connectivity index (χ0) is 12.9. The van der Waals surface area contributed by atoms with Crippen molar-refractivity contribution in [2.75, 3.05) is 7.11 Å². The van der Waals surface area contributed by atoms with Crippen molar-refractivity contribution in [1.29, 1.82) is 0 Å². The van der Waals surface area contributed by atoms with Gasteiger partial charge in [-0.15, -0.1) is 0 Å². The molecule has 0 N–H and O–H groups in total. The van der Waals surface area contributed by atoms with Crippen molar-refractivity contribution in [2.24, 2.45) is 0 Å². The topological polar surface area (TPSA) is 26.3 Å². The zero-order valence-corrected chi connectivity index (χ0v) is 10.5. The summed E-state index contributed by atoms with van der Waals surface area (Å²) >= 11 is -1.52. The summed E-state index contributed by atoms with van der Waals surface area (Å²) < 4.78 is 40.2. The van der Waals surface area contributed by atoms with Gasteiger partial charge in [0.2, 0.25) is 0 Å². The predicted octanol–water partition coefficient (Wildman–Crippen LogP) is 2.67. The van der Waals surface area contributed by atoms with Gasteiger partial charge in [0.05, 0.1) is 0 Å². The molecule has 0 aliphatic rings. The second kappa shape index (κ2) is 5.89. The van der Waals surface area contributed by atoms with Gasteiger partial charge in [-0.3, -0.25) is 0 Å². The van der Waals surface area contributed by atoms with E-state index in [1.165, 1.54) is 25.3 Å². The Kier molecular flexibility index (Phi) is 4.78. The number of hydrogen-bond donors (Lipinski definition) is 0. The van der Waals surface area contributed by atoms with E-state index in [1.807, 2.05) is 0 Å². The van der Waals surface area contributed by atoms with Crippen LogP contribution in [-0.2, 0) is 4.74 Å². The van der Waals surface area contributed by atoms with Gasteiger partial charge < -0.3 is 0 Å². The van der Waals surface area contributed by atoms with E-state index in [0.717, 1.165) is 4.97 Å². The summed E-state index contributed by atoms with van der Waals surface area (Å²) in [5.41, 5.74) is 0.981. The number of esters is 1. The molecule has 0 radical (unpaired) electrons. The molecule has 0 bridgehead atoms. The summed E-state index contributed by atoms with van der Waals surface area (Å²) in [5.74, 6) is -0.472. The number of carbonyl (C=O) groups excluding carboxylic acids is 1. The van der Waals surface area contributed by atoms with E-state index in [1.54, 1.807) is 12.1 Å². The Morgan fingerprint density at radius 1 is 1.29 bits per heavy atom. The average molecular weight is 309 g/mol. The Morgan fingerprint density at radius 3 is 2.35 bits per heavy atom. The third kappa shape index (κ3) is 5.06. The molecule has 0 unspecified atom stereocenters. The fourth-order valence-corrected chi connectivity index (χ4v) is 1.83. The zero-order valence-electron chi connectivity index (χ0n) is 8.82. The predicted molar refractivity (Wildman–Crippen MR) is 58.6 cm³/mol. The molecule has 6 heteroatoms. The summed E-state index contributed by atoms with van der Waals surface area (Å²) in [6, 6.07) is 6.14. The van der Waals surface area contributed by atoms with Gasteiger partial charge >= 0.3 is 102 Å². The van der Waals surface area contributed by atoms with Crippen molar-refractivity contribution in [2.45, 2.75) is 5.07 Å². The van der Waals surface area contributed by atoms with Gasteiger partial charge in [0.15, 0.2) is 0 Å². The fourth-order valence-electron chi connectivity index (χ4n) is 1.04. The van der Waals surface area contributed by atoms with E-state index < -0.39 is 26.0 Å². The Bertz CT molecular complexity index is 410. The second-order valence-corrected chi connectivity index (χ2v) is 5.02. The third-order valence-electron chi connectivity index (χ3n) is 1.79. The van der Waals surface area contributed by atoms with E-state index in [0.29, 0.717) is 11.1 Å². The number of ether oxygens (including phenoxy) is 1. The van der Waals surface area contributed by atoms with Crippen LogP contribution < -0.4 is 0 Å². The van der Waals surface area contributed by atoms with Crippen molar-refractivity contribution in [3.8, 4) is 0 Å². The molecule has 1 rings (SSSR count). The molecule has 0 aliphatic heterocycles. The fraction of sp³-hybridized carbons (Fsp3) is 0.182. The molecule has 0 saturated heterocycles. The van der Waals surface area contributed by atoms with Gasteiger partial charge in [-0.1, -0.05) is 0 Å². The van der Waals surface area contributed by atoms with Crippen LogP contribution in [0.4, 0.5) is 13.2 Å². The van der Waals surface area contributed by atoms with Gasteiger partial charge in [-0.2, -0.15) is 0 Å². The molecule has 92 valence electrons. The monoisotopic (exact) mass is 310 g/mol. The Hall–Kier alpha value is -1.26. The molecule has 2 nitrogen and oxygen atoms in total. The van der Waals surface area contributed by atoms with Crippen LogP contribution in [0.25, 0.3) is 6.08 Å². The van der Waals surface area contributed by atoms with Crippen LogP contribution in [0.3, 0.4) is 0 Å². The van der Waals surface area contributed by atoms with Gasteiger partial charge in [0.25, 0.3) is 0 Å². The summed E-state index contributed by atoms with van der Waals surface area (Å²) in [6.45, 7) is 0. The van der Waals surface area contributed by atoms with Crippen LogP contribution in [0.5, 0.6) is 0 Å². The number of hydrogen-bond acceptors (Lipinski definition) is 2. The number of rotatable bonds is 3. The molecule has 0 aliphatic carbocycles. The standard InChI is InChI=1S/C11H9F3O2Se/c1-16-10(15)9-4-2-8(3-5-9)6-7-17-11(12,13)14/h2-7H,1H3/b7-6+. The molecule has 0 heterocycles. The van der Waals surface area contributed by atoms with E-state index in [2.05, 4.69) is 4.74 Å². The molecule has 0 saturated carbocycles.